The van der Waals surface area contributed by atoms with Gasteiger partial charge in [0.25, 0.3) is 5.91 Å². The van der Waals surface area contributed by atoms with Gasteiger partial charge in [0.15, 0.2) is 0 Å². The molecular formula is C25H23N3O3. The number of carboxylic acids is 1. The zero-order chi connectivity index (χ0) is 22.2. The molecular weight excluding hydrogens is 390 g/mol. The lowest BCUT2D eigenvalue weighted by Crippen LogP contribution is -2.14. The maximum absolute atomic E-state index is 12.8. The number of amides is 1. The summed E-state index contributed by atoms with van der Waals surface area (Å²) >= 11 is 0. The van der Waals surface area contributed by atoms with Gasteiger partial charge in [0.1, 0.15) is 11.8 Å². The quantitative estimate of drug-likeness (QED) is 0.477. The zero-order valence-electron chi connectivity index (χ0n) is 17.6. The van der Waals surface area contributed by atoms with Gasteiger partial charge in [-0.3, -0.25) is 9.36 Å². The van der Waals surface area contributed by atoms with Gasteiger partial charge in [0.05, 0.1) is 16.8 Å². The van der Waals surface area contributed by atoms with Crippen LogP contribution in [0.25, 0.3) is 16.7 Å². The van der Waals surface area contributed by atoms with E-state index >= 15 is 0 Å². The molecule has 31 heavy (non-hydrogen) atoms. The number of carboxylic acid groups (broad SMARTS) is 1. The predicted octanol–water partition coefficient (Wildman–Crippen LogP) is 5.27. The summed E-state index contributed by atoms with van der Waals surface area (Å²) in [7, 11) is 0. The molecule has 0 radical (unpaired) electrons. The molecule has 0 bridgehead atoms. The minimum absolute atomic E-state index is 0.0239. The lowest BCUT2D eigenvalue weighted by molar-refractivity contribution is 0.0696. The first-order chi connectivity index (χ1) is 14.7. The Morgan fingerprint density at radius 2 is 1.55 bits per heavy atom. The monoisotopic (exact) mass is 413 g/mol. The molecule has 3 aromatic carbocycles. The van der Waals surface area contributed by atoms with Gasteiger partial charge in [-0.25, -0.2) is 9.78 Å². The summed E-state index contributed by atoms with van der Waals surface area (Å²) in [5.74, 6) is -1.17. The van der Waals surface area contributed by atoms with Gasteiger partial charge < -0.3 is 10.4 Å². The Hall–Kier alpha value is -3.93. The number of imidazole rings is 1. The zero-order valence-corrected chi connectivity index (χ0v) is 17.6. The standard InChI is InChI=1S/C25H23N3O3/c1-25(2,3)18-11-7-16(8-12-18)23(29)27-20-5-4-6-21-22(20)26-15-28(21)19-13-9-17(10-14-19)24(30)31/h4-15H,1-3H3,(H,27,29)(H,30,31). The highest BCUT2D eigenvalue weighted by Crippen LogP contribution is 2.26. The van der Waals surface area contributed by atoms with E-state index in [1.165, 1.54) is 5.56 Å². The van der Waals surface area contributed by atoms with Crippen LogP contribution in [0.3, 0.4) is 0 Å². The average molecular weight is 413 g/mol. The van der Waals surface area contributed by atoms with E-state index in [1.807, 2.05) is 47.0 Å². The van der Waals surface area contributed by atoms with Crippen LogP contribution in [0.4, 0.5) is 5.69 Å². The van der Waals surface area contributed by atoms with Crippen LogP contribution >= 0.6 is 0 Å². The van der Waals surface area contributed by atoms with Crippen molar-refractivity contribution in [1.82, 2.24) is 9.55 Å². The Morgan fingerprint density at radius 3 is 2.16 bits per heavy atom. The molecule has 4 aromatic rings. The van der Waals surface area contributed by atoms with Crippen molar-refractivity contribution in [3.8, 4) is 5.69 Å². The lowest BCUT2D eigenvalue weighted by Gasteiger charge is -2.19. The van der Waals surface area contributed by atoms with Crippen LogP contribution in [-0.2, 0) is 5.41 Å². The summed E-state index contributed by atoms with van der Waals surface area (Å²) in [6, 6.07) is 19.7. The van der Waals surface area contributed by atoms with Crippen molar-refractivity contribution in [3.63, 3.8) is 0 Å². The largest absolute Gasteiger partial charge is 0.478 e. The van der Waals surface area contributed by atoms with Crippen LogP contribution in [-0.4, -0.2) is 26.5 Å². The SMILES string of the molecule is CC(C)(C)c1ccc(C(=O)Nc2cccc3c2ncn3-c2ccc(C(=O)O)cc2)cc1. The molecule has 0 spiro atoms. The van der Waals surface area contributed by atoms with Crippen LogP contribution < -0.4 is 5.32 Å². The molecule has 156 valence electrons. The molecule has 1 heterocycles. The van der Waals surface area contributed by atoms with Crippen LogP contribution in [0.15, 0.2) is 73.1 Å². The minimum Gasteiger partial charge on any atom is -0.478 e. The summed E-state index contributed by atoms with van der Waals surface area (Å²) in [5, 5.41) is 12.0. The van der Waals surface area contributed by atoms with Gasteiger partial charge in [0, 0.05) is 11.3 Å². The van der Waals surface area contributed by atoms with E-state index in [0.717, 1.165) is 11.2 Å². The molecule has 1 aromatic heterocycles. The summed E-state index contributed by atoms with van der Waals surface area (Å²) in [4.78, 5) is 28.4. The third-order valence-corrected chi connectivity index (χ3v) is 5.23. The third kappa shape index (κ3) is 4.05. The number of nitrogens with zero attached hydrogens (tertiary/aromatic N) is 2. The van der Waals surface area contributed by atoms with Crippen molar-refractivity contribution in [2.24, 2.45) is 0 Å². The van der Waals surface area contributed by atoms with Gasteiger partial charge in [-0.05, 0) is 59.5 Å². The molecule has 0 fully saturated rings. The molecule has 0 saturated heterocycles. The number of carbonyl (C=O) groups excluding carboxylic acids is 1. The maximum atomic E-state index is 12.8. The Labute approximate surface area is 180 Å². The Balaban J connectivity index is 1.62. The highest BCUT2D eigenvalue weighted by Gasteiger charge is 2.16. The summed E-state index contributed by atoms with van der Waals surface area (Å²) in [5.41, 5.74) is 4.85. The normalized spacial score (nSPS) is 11.5. The Bertz CT molecular complexity index is 1260. The summed E-state index contributed by atoms with van der Waals surface area (Å²) < 4.78 is 1.86. The molecule has 6 nitrogen and oxygen atoms in total. The number of carbonyl (C=O) groups is 2. The van der Waals surface area contributed by atoms with Gasteiger partial charge in [0.2, 0.25) is 0 Å². The Morgan fingerprint density at radius 1 is 0.903 bits per heavy atom. The second-order valence-corrected chi connectivity index (χ2v) is 8.42. The van der Waals surface area contributed by atoms with E-state index in [-0.39, 0.29) is 16.9 Å². The highest BCUT2D eigenvalue weighted by atomic mass is 16.4. The number of rotatable bonds is 4. The van der Waals surface area contributed by atoms with Crippen LogP contribution in [0.2, 0.25) is 0 Å². The van der Waals surface area contributed by atoms with Crippen molar-refractivity contribution in [2.45, 2.75) is 26.2 Å². The number of para-hydroxylation sites is 1. The maximum Gasteiger partial charge on any atom is 0.335 e. The second-order valence-electron chi connectivity index (χ2n) is 8.42. The number of fused-ring (bicyclic) bond motifs is 1. The van der Waals surface area contributed by atoms with Gasteiger partial charge in [-0.1, -0.05) is 39.0 Å². The van der Waals surface area contributed by atoms with Crippen molar-refractivity contribution < 1.29 is 14.7 Å². The Kier molecular flexibility index (Phi) is 5.07. The first-order valence-electron chi connectivity index (χ1n) is 9.96. The lowest BCUT2D eigenvalue weighted by atomic mass is 9.87. The third-order valence-electron chi connectivity index (χ3n) is 5.23. The minimum atomic E-state index is -0.970. The van der Waals surface area contributed by atoms with Crippen molar-refractivity contribution in [2.75, 3.05) is 5.32 Å². The van der Waals surface area contributed by atoms with Gasteiger partial charge in [-0.2, -0.15) is 0 Å². The topological polar surface area (TPSA) is 84.2 Å². The van der Waals surface area contributed by atoms with E-state index in [1.54, 1.807) is 30.6 Å². The van der Waals surface area contributed by atoms with E-state index in [2.05, 4.69) is 31.1 Å². The number of aromatic carboxylic acids is 1. The fourth-order valence-electron chi connectivity index (χ4n) is 3.43. The molecule has 4 rings (SSSR count). The van der Waals surface area contributed by atoms with Crippen LogP contribution in [0.5, 0.6) is 0 Å². The molecule has 0 aliphatic rings. The van der Waals surface area contributed by atoms with E-state index in [9.17, 15) is 9.59 Å². The first kappa shape index (κ1) is 20.3. The molecule has 0 unspecified atom stereocenters. The number of benzene rings is 3. The first-order valence-corrected chi connectivity index (χ1v) is 9.96. The summed E-state index contributed by atoms with van der Waals surface area (Å²) in [6.45, 7) is 6.40. The molecule has 0 atom stereocenters. The van der Waals surface area contributed by atoms with E-state index < -0.39 is 5.97 Å². The number of hydrogen-bond donors (Lipinski definition) is 2. The van der Waals surface area contributed by atoms with E-state index in [4.69, 9.17) is 5.11 Å². The molecule has 0 aliphatic heterocycles. The van der Waals surface area contributed by atoms with E-state index in [0.29, 0.717) is 16.8 Å². The number of aromatic nitrogens is 2. The number of nitrogens with one attached hydrogen (secondary N) is 1. The van der Waals surface area contributed by atoms with Crippen LogP contribution in [0, 0.1) is 0 Å². The van der Waals surface area contributed by atoms with Gasteiger partial charge >= 0.3 is 5.97 Å². The molecule has 0 aliphatic carbocycles. The molecule has 6 heteroatoms. The van der Waals surface area contributed by atoms with Crippen molar-refractivity contribution in [3.05, 3.63) is 89.7 Å². The molecule has 0 saturated carbocycles. The highest BCUT2D eigenvalue weighted by molar-refractivity contribution is 6.08. The molecule has 2 N–H and O–H groups in total. The number of hydrogen-bond acceptors (Lipinski definition) is 3. The smallest absolute Gasteiger partial charge is 0.335 e. The van der Waals surface area contributed by atoms with Gasteiger partial charge in [-0.15, -0.1) is 0 Å². The fraction of sp³-hybridized carbons (Fsp3) is 0.160. The fourth-order valence-corrected chi connectivity index (χ4v) is 3.43. The van der Waals surface area contributed by atoms with Crippen molar-refractivity contribution >= 4 is 28.6 Å². The molecule has 1 amide bonds. The average Bonchev–Trinajstić information content (AvgIpc) is 3.18. The van der Waals surface area contributed by atoms with Crippen LogP contribution in [0.1, 0.15) is 47.1 Å². The predicted molar refractivity (Wildman–Crippen MR) is 121 cm³/mol. The summed E-state index contributed by atoms with van der Waals surface area (Å²) in [6.07, 6.45) is 1.66. The van der Waals surface area contributed by atoms with Crippen molar-refractivity contribution in [1.29, 1.82) is 0 Å². The second kappa shape index (κ2) is 7.72. The number of anilines is 1.